The average Bonchev–Trinajstić information content (AvgIpc) is 2.59. The Morgan fingerprint density at radius 2 is 1.75 bits per heavy atom. The van der Waals surface area contributed by atoms with Crippen LogP contribution in [0.2, 0.25) is 0 Å². The Morgan fingerprint density at radius 1 is 1.08 bits per heavy atom. The predicted octanol–water partition coefficient (Wildman–Crippen LogP) is 0.676. The summed E-state index contributed by atoms with van der Waals surface area (Å²) in [7, 11) is 3.63. The highest BCUT2D eigenvalue weighted by Crippen LogP contribution is 2.13. The molecule has 132 valence electrons. The van der Waals surface area contributed by atoms with Gasteiger partial charge in [-0.3, -0.25) is 9.59 Å². The highest BCUT2D eigenvalue weighted by atomic mass is 16.5. The van der Waals surface area contributed by atoms with Crippen molar-refractivity contribution >= 4 is 17.5 Å². The molecule has 7 nitrogen and oxygen atoms in total. The lowest BCUT2D eigenvalue weighted by Gasteiger charge is -2.32. The summed E-state index contributed by atoms with van der Waals surface area (Å²) in [6, 6.07) is 6.94. The van der Waals surface area contributed by atoms with Crippen molar-refractivity contribution in [2.24, 2.45) is 0 Å². The first-order valence-corrected chi connectivity index (χ1v) is 8.04. The molecule has 0 saturated carbocycles. The highest BCUT2D eigenvalue weighted by Gasteiger charge is 2.20. The molecule has 0 aliphatic carbocycles. The van der Waals surface area contributed by atoms with Crippen molar-refractivity contribution in [3.8, 4) is 0 Å². The summed E-state index contributed by atoms with van der Waals surface area (Å²) in [5, 5.41) is 2.73. The number of methoxy groups -OCH3 is 1. The van der Waals surface area contributed by atoms with Crippen LogP contribution in [-0.4, -0.2) is 81.8 Å². The molecular weight excluding hydrogens is 310 g/mol. The van der Waals surface area contributed by atoms with Gasteiger partial charge in [0.2, 0.25) is 5.91 Å². The molecule has 2 amide bonds. The first-order chi connectivity index (χ1) is 11.6. The second-order valence-electron chi connectivity index (χ2n) is 5.77. The van der Waals surface area contributed by atoms with E-state index in [0.717, 1.165) is 26.2 Å². The number of nitrogens with one attached hydrogen (secondary N) is 1. The van der Waals surface area contributed by atoms with E-state index in [4.69, 9.17) is 9.47 Å². The molecule has 0 aromatic heterocycles. The molecular formula is C17H25N3O4. The lowest BCUT2D eigenvalue weighted by Crippen LogP contribution is -2.47. The van der Waals surface area contributed by atoms with E-state index in [1.165, 1.54) is 0 Å². The molecule has 1 saturated heterocycles. The van der Waals surface area contributed by atoms with Crippen molar-refractivity contribution in [3.63, 3.8) is 0 Å². The van der Waals surface area contributed by atoms with Crippen molar-refractivity contribution in [1.82, 2.24) is 9.80 Å². The third-order valence-corrected chi connectivity index (χ3v) is 3.87. The van der Waals surface area contributed by atoms with Gasteiger partial charge in [0.25, 0.3) is 5.91 Å². The van der Waals surface area contributed by atoms with E-state index in [-0.39, 0.29) is 18.4 Å². The van der Waals surface area contributed by atoms with Gasteiger partial charge in [-0.05, 0) is 31.3 Å². The molecule has 0 bridgehead atoms. The first-order valence-electron chi connectivity index (χ1n) is 8.04. The Labute approximate surface area is 142 Å². The Kier molecular flexibility index (Phi) is 7.17. The van der Waals surface area contributed by atoms with Crippen LogP contribution in [0.25, 0.3) is 0 Å². The normalized spacial score (nSPS) is 15.3. The number of carbonyl (C=O) groups is 2. The van der Waals surface area contributed by atoms with Gasteiger partial charge in [-0.2, -0.15) is 0 Å². The largest absolute Gasteiger partial charge is 0.382 e. The third kappa shape index (κ3) is 5.59. The van der Waals surface area contributed by atoms with Gasteiger partial charge in [-0.25, -0.2) is 0 Å². The van der Waals surface area contributed by atoms with Crippen molar-refractivity contribution < 1.29 is 19.1 Å². The van der Waals surface area contributed by atoms with Crippen molar-refractivity contribution in [2.75, 3.05) is 65.5 Å². The van der Waals surface area contributed by atoms with Gasteiger partial charge >= 0.3 is 0 Å². The second kappa shape index (κ2) is 9.36. The van der Waals surface area contributed by atoms with E-state index in [0.29, 0.717) is 24.5 Å². The van der Waals surface area contributed by atoms with Crippen LogP contribution in [0.3, 0.4) is 0 Å². The van der Waals surface area contributed by atoms with Crippen LogP contribution in [0.15, 0.2) is 24.3 Å². The van der Waals surface area contributed by atoms with Crippen LogP contribution in [-0.2, 0) is 14.3 Å². The van der Waals surface area contributed by atoms with Gasteiger partial charge in [0, 0.05) is 44.5 Å². The van der Waals surface area contributed by atoms with E-state index < -0.39 is 0 Å². The minimum Gasteiger partial charge on any atom is -0.382 e. The van der Waals surface area contributed by atoms with Gasteiger partial charge in [0.1, 0.15) is 6.61 Å². The van der Waals surface area contributed by atoms with E-state index in [1.54, 1.807) is 31.4 Å². The number of amides is 2. The number of hydrogen-bond donors (Lipinski definition) is 1. The topological polar surface area (TPSA) is 71.1 Å². The lowest BCUT2D eigenvalue weighted by molar-refractivity contribution is -0.121. The zero-order valence-electron chi connectivity index (χ0n) is 14.3. The first kappa shape index (κ1) is 18.4. The van der Waals surface area contributed by atoms with Crippen LogP contribution in [0.4, 0.5) is 5.69 Å². The maximum Gasteiger partial charge on any atom is 0.253 e. The van der Waals surface area contributed by atoms with Gasteiger partial charge in [0.15, 0.2) is 0 Å². The fourth-order valence-corrected chi connectivity index (χ4v) is 2.39. The lowest BCUT2D eigenvalue weighted by atomic mass is 10.1. The number of rotatable bonds is 7. The number of carbonyl (C=O) groups excluding carboxylic acids is 2. The van der Waals surface area contributed by atoms with Crippen molar-refractivity contribution in [3.05, 3.63) is 29.8 Å². The summed E-state index contributed by atoms with van der Waals surface area (Å²) in [5.41, 5.74) is 1.28. The van der Waals surface area contributed by atoms with Crippen LogP contribution in [0, 0.1) is 0 Å². The minimum atomic E-state index is -0.232. The molecule has 24 heavy (non-hydrogen) atoms. The fraction of sp³-hybridized carbons (Fsp3) is 0.529. The summed E-state index contributed by atoms with van der Waals surface area (Å²) in [4.78, 5) is 28.2. The van der Waals surface area contributed by atoms with Gasteiger partial charge in [-0.15, -0.1) is 0 Å². The molecule has 1 heterocycles. The summed E-state index contributed by atoms with van der Waals surface area (Å²) in [6.07, 6.45) is 0. The Balaban J connectivity index is 1.81. The number of piperazine rings is 1. The van der Waals surface area contributed by atoms with E-state index in [2.05, 4.69) is 17.3 Å². The average molecular weight is 335 g/mol. The van der Waals surface area contributed by atoms with E-state index in [9.17, 15) is 9.59 Å². The SMILES string of the molecule is COCCOCC(=O)Nc1ccc(C(=O)N2CCN(C)CC2)cc1. The summed E-state index contributed by atoms with van der Waals surface area (Å²) < 4.78 is 9.99. The number of benzene rings is 1. The van der Waals surface area contributed by atoms with Crippen molar-refractivity contribution in [1.29, 1.82) is 0 Å². The number of hydrogen-bond acceptors (Lipinski definition) is 5. The minimum absolute atomic E-state index is 0.0225. The predicted molar refractivity (Wildman–Crippen MR) is 91.2 cm³/mol. The van der Waals surface area contributed by atoms with Gasteiger partial charge in [-0.1, -0.05) is 0 Å². The monoisotopic (exact) mass is 335 g/mol. The molecule has 0 unspecified atom stereocenters. The van der Waals surface area contributed by atoms with Gasteiger partial charge < -0.3 is 24.6 Å². The van der Waals surface area contributed by atoms with Crippen LogP contribution in [0.5, 0.6) is 0 Å². The number of nitrogens with zero attached hydrogens (tertiary/aromatic N) is 2. The van der Waals surface area contributed by atoms with Crippen LogP contribution < -0.4 is 5.32 Å². The van der Waals surface area contributed by atoms with Crippen LogP contribution >= 0.6 is 0 Å². The standard InChI is InChI=1S/C17H25N3O4/c1-19-7-9-20(10-8-19)17(22)14-3-5-15(6-4-14)18-16(21)13-24-12-11-23-2/h3-6H,7-13H2,1-2H3,(H,18,21). The van der Waals surface area contributed by atoms with Gasteiger partial charge in [0.05, 0.1) is 13.2 Å². The maximum atomic E-state index is 12.4. The maximum absolute atomic E-state index is 12.4. The number of anilines is 1. The Hall–Kier alpha value is -1.96. The molecule has 7 heteroatoms. The zero-order valence-corrected chi connectivity index (χ0v) is 14.3. The molecule has 1 aliphatic heterocycles. The number of ether oxygens (including phenoxy) is 2. The Morgan fingerprint density at radius 3 is 2.38 bits per heavy atom. The van der Waals surface area contributed by atoms with E-state index >= 15 is 0 Å². The van der Waals surface area contributed by atoms with Crippen LogP contribution in [0.1, 0.15) is 10.4 Å². The molecule has 1 aromatic carbocycles. The molecule has 0 radical (unpaired) electrons. The molecule has 1 aromatic rings. The molecule has 0 atom stereocenters. The quantitative estimate of drug-likeness (QED) is 0.742. The van der Waals surface area contributed by atoms with E-state index in [1.807, 2.05) is 4.90 Å². The summed E-state index contributed by atoms with van der Waals surface area (Å²) >= 11 is 0. The fourth-order valence-electron chi connectivity index (χ4n) is 2.39. The molecule has 1 N–H and O–H groups in total. The Bertz CT molecular complexity index is 539. The number of likely N-dealkylation sites (N-methyl/N-ethyl adjacent to an activating group) is 1. The zero-order chi connectivity index (χ0) is 17.4. The summed E-state index contributed by atoms with van der Waals surface area (Å²) in [6.45, 7) is 4.08. The third-order valence-electron chi connectivity index (χ3n) is 3.87. The highest BCUT2D eigenvalue weighted by molar-refractivity contribution is 5.96. The molecule has 1 fully saturated rings. The second-order valence-corrected chi connectivity index (χ2v) is 5.77. The van der Waals surface area contributed by atoms with Crippen molar-refractivity contribution in [2.45, 2.75) is 0 Å². The smallest absolute Gasteiger partial charge is 0.253 e. The molecule has 2 rings (SSSR count). The molecule has 0 spiro atoms. The molecule has 1 aliphatic rings. The summed E-state index contributed by atoms with van der Waals surface area (Å²) in [5.74, 6) is -0.201.